The van der Waals surface area contributed by atoms with Gasteiger partial charge in [0.25, 0.3) is 0 Å². The minimum absolute atomic E-state index is 0.0870. The Morgan fingerprint density at radius 2 is 1.00 bits per heavy atom. The Hall–Kier alpha value is -2.32. The van der Waals surface area contributed by atoms with Crippen LogP contribution in [-0.2, 0) is 12.4 Å². The first-order valence-electron chi connectivity index (χ1n) is 7.08. The quantitative estimate of drug-likeness (QED) is 0.559. The average molecular weight is 362 g/mol. The van der Waals surface area contributed by atoms with Gasteiger partial charge in [-0.15, -0.1) is 0 Å². The molecular weight excluding hydrogens is 349 g/mol. The van der Waals surface area contributed by atoms with Crippen molar-refractivity contribution in [1.82, 2.24) is 0 Å². The number of hydrogen-bond acceptors (Lipinski definition) is 2. The molecule has 0 aliphatic heterocycles. The molecule has 0 bridgehead atoms. The maximum absolute atomic E-state index is 12.7. The van der Waals surface area contributed by atoms with Crippen LogP contribution in [0.1, 0.15) is 22.3 Å². The van der Waals surface area contributed by atoms with Crippen LogP contribution in [0.4, 0.5) is 26.3 Å². The van der Waals surface area contributed by atoms with Crippen LogP contribution in [0.15, 0.2) is 36.4 Å². The van der Waals surface area contributed by atoms with E-state index in [0.29, 0.717) is 11.1 Å². The lowest BCUT2D eigenvalue weighted by Gasteiger charge is -2.13. The van der Waals surface area contributed by atoms with Gasteiger partial charge in [0.2, 0.25) is 0 Å². The molecule has 0 aliphatic rings. The summed E-state index contributed by atoms with van der Waals surface area (Å²) in [4.78, 5) is 0. The summed E-state index contributed by atoms with van der Waals surface area (Å²) in [5.74, 6) is -0.174. The molecule has 2 nitrogen and oxygen atoms in total. The van der Waals surface area contributed by atoms with Crippen molar-refractivity contribution in [2.24, 2.45) is 0 Å². The third-order valence-corrected chi connectivity index (χ3v) is 3.21. The summed E-state index contributed by atoms with van der Waals surface area (Å²) in [6.45, 7) is 2.94. The first-order valence-corrected chi connectivity index (χ1v) is 7.08. The van der Waals surface area contributed by atoms with Gasteiger partial charge in [-0.05, 0) is 61.4 Å². The maximum atomic E-state index is 12.7. The smallest absolute Gasteiger partial charge is 0.528 e. The number of benzene rings is 2. The molecule has 0 N–H and O–H groups in total. The molecule has 0 heterocycles. The third-order valence-electron chi connectivity index (χ3n) is 3.21. The Morgan fingerprint density at radius 1 is 0.640 bits per heavy atom. The normalized spacial score (nSPS) is 12.0. The summed E-state index contributed by atoms with van der Waals surface area (Å²) in [5, 5.41) is 0. The minimum Gasteiger partial charge on any atom is -0.528 e. The second-order valence-electron chi connectivity index (χ2n) is 5.47. The van der Waals surface area contributed by atoms with Gasteiger partial charge in [0.15, 0.2) is 0 Å². The van der Waals surface area contributed by atoms with Crippen LogP contribution in [0, 0.1) is 13.8 Å². The summed E-state index contributed by atoms with van der Waals surface area (Å²) in [6, 6.07) is 6.27. The Kier molecular flexibility index (Phi) is 5.24. The van der Waals surface area contributed by atoms with Crippen LogP contribution in [0.5, 0.6) is 11.5 Å². The summed E-state index contributed by atoms with van der Waals surface area (Å²) >= 11 is 0. The molecule has 0 saturated heterocycles. The van der Waals surface area contributed by atoms with E-state index in [4.69, 9.17) is 9.31 Å². The molecule has 25 heavy (non-hydrogen) atoms. The Morgan fingerprint density at radius 3 is 1.32 bits per heavy atom. The van der Waals surface area contributed by atoms with Gasteiger partial charge >= 0.3 is 20.0 Å². The first kappa shape index (κ1) is 19.0. The van der Waals surface area contributed by atoms with Crippen LogP contribution in [0.25, 0.3) is 0 Å². The minimum atomic E-state index is -4.52. The van der Waals surface area contributed by atoms with Crippen molar-refractivity contribution < 1.29 is 35.7 Å². The van der Waals surface area contributed by atoms with Crippen LogP contribution >= 0.6 is 0 Å². The molecule has 0 unspecified atom stereocenters. The molecule has 9 heteroatoms. The van der Waals surface area contributed by atoms with Crippen molar-refractivity contribution in [3.8, 4) is 11.5 Å². The van der Waals surface area contributed by atoms with E-state index in [1.807, 2.05) is 0 Å². The zero-order valence-corrected chi connectivity index (χ0v) is 13.3. The molecule has 0 atom stereocenters. The highest BCUT2D eigenvalue weighted by Crippen LogP contribution is 2.33. The van der Waals surface area contributed by atoms with Crippen molar-refractivity contribution >= 4 is 7.69 Å². The molecular formula is C16H13BF6O2. The van der Waals surface area contributed by atoms with Gasteiger partial charge < -0.3 is 9.31 Å². The highest BCUT2D eigenvalue weighted by Gasteiger charge is 2.32. The second kappa shape index (κ2) is 6.89. The van der Waals surface area contributed by atoms with E-state index in [-0.39, 0.29) is 11.5 Å². The largest absolute Gasteiger partial charge is 0.576 e. The van der Waals surface area contributed by atoms with E-state index >= 15 is 0 Å². The molecule has 134 valence electrons. The zero-order chi connectivity index (χ0) is 18.8. The molecule has 0 spiro atoms. The maximum Gasteiger partial charge on any atom is 0.576 e. The molecule has 2 aromatic carbocycles. The lowest BCUT2D eigenvalue weighted by molar-refractivity contribution is -0.138. The summed E-state index contributed by atoms with van der Waals surface area (Å²) in [6.07, 6.45) is -9.05. The SMILES string of the molecule is Cc1cc(OBOc2cc(C)cc(C(F)(F)F)c2)cc(C(F)(F)F)c1. The number of alkyl halides is 6. The van der Waals surface area contributed by atoms with Gasteiger partial charge in [-0.25, -0.2) is 0 Å². The van der Waals surface area contributed by atoms with Gasteiger partial charge in [0.05, 0.1) is 11.1 Å². The number of aryl methyl sites for hydroxylation is 2. The topological polar surface area (TPSA) is 18.5 Å². The lowest BCUT2D eigenvalue weighted by atomic mass is 10.1. The number of rotatable bonds is 4. The van der Waals surface area contributed by atoms with Gasteiger partial charge in [-0.2, -0.15) is 26.3 Å². The fourth-order valence-electron chi connectivity index (χ4n) is 2.16. The van der Waals surface area contributed by atoms with Gasteiger partial charge in [-0.3, -0.25) is 0 Å². The first-order chi connectivity index (χ1) is 11.4. The molecule has 0 aliphatic carbocycles. The standard InChI is InChI=1S/C16H13BF6O2/c1-9-3-11(15(18,19)20)7-13(5-9)24-17-25-14-6-10(2)4-12(8-14)16(21,22)23/h3-8,17H,1-2H3. The number of hydrogen-bond donors (Lipinski definition) is 0. The highest BCUT2D eigenvalue weighted by molar-refractivity contribution is 6.20. The van der Waals surface area contributed by atoms with Crippen molar-refractivity contribution in [2.45, 2.75) is 26.2 Å². The third kappa shape index (κ3) is 5.34. The molecule has 2 aromatic rings. The lowest BCUT2D eigenvalue weighted by Crippen LogP contribution is -2.13. The van der Waals surface area contributed by atoms with Crippen molar-refractivity contribution in [3.05, 3.63) is 58.7 Å². The van der Waals surface area contributed by atoms with Crippen LogP contribution in [0.3, 0.4) is 0 Å². The van der Waals surface area contributed by atoms with E-state index in [1.54, 1.807) is 0 Å². The molecule has 0 amide bonds. The van der Waals surface area contributed by atoms with Crippen molar-refractivity contribution in [2.75, 3.05) is 0 Å². The summed E-state index contributed by atoms with van der Waals surface area (Å²) in [5.41, 5.74) is -1.09. The Labute approximate surface area is 140 Å². The van der Waals surface area contributed by atoms with E-state index in [0.717, 1.165) is 24.3 Å². The summed E-state index contributed by atoms with van der Waals surface area (Å²) in [7, 11) is -0.526. The molecule has 0 radical (unpaired) electrons. The molecule has 0 saturated carbocycles. The molecule has 0 fully saturated rings. The van der Waals surface area contributed by atoms with Crippen LogP contribution < -0.4 is 9.31 Å². The van der Waals surface area contributed by atoms with Gasteiger partial charge in [0, 0.05) is 0 Å². The van der Waals surface area contributed by atoms with Gasteiger partial charge in [0.1, 0.15) is 11.5 Å². The van der Waals surface area contributed by atoms with Crippen LogP contribution in [-0.4, -0.2) is 7.69 Å². The Balaban J connectivity index is 2.09. The fourth-order valence-corrected chi connectivity index (χ4v) is 2.16. The van der Waals surface area contributed by atoms with E-state index in [2.05, 4.69) is 0 Å². The Bertz CT molecular complexity index is 692. The van der Waals surface area contributed by atoms with Gasteiger partial charge in [-0.1, -0.05) is 0 Å². The van der Waals surface area contributed by atoms with Crippen molar-refractivity contribution in [3.63, 3.8) is 0 Å². The van der Waals surface area contributed by atoms with E-state index in [1.165, 1.54) is 26.0 Å². The predicted molar refractivity (Wildman–Crippen MR) is 80.8 cm³/mol. The van der Waals surface area contributed by atoms with E-state index in [9.17, 15) is 26.3 Å². The van der Waals surface area contributed by atoms with E-state index < -0.39 is 31.2 Å². The number of halogens is 6. The average Bonchev–Trinajstić information content (AvgIpc) is 2.44. The summed E-state index contributed by atoms with van der Waals surface area (Å²) < 4.78 is 86.6. The monoisotopic (exact) mass is 362 g/mol. The molecule has 0 aromatic heterocycles. The second-order valence-corrected chi connectivity index (χ2v) is 5.47. The highest BCUT2D eigenvalue weighted by atomic mass is 19.4. The molecule has 2 rings (SSSR count). The van der Waals surface area contributed by atoms with Crippen LogP contribution in [0.2, 0.25) is 0 Å². The van der Waals surface area contributed by atoms with Crippen molar-refractivity contribution in [1.29, 1.82) is 0 Å². The predicted octanol–water partition coefficient (Wildman–Crippen LogP) is 5.07. The zero-order valence-electron chi connectivity index (χ0n) is 13.3. The fraction of sp³-hybridized carbons (Fsp3) is 0.250.